The molecule has 6 nitrogen and oxygen atoms in total. The summed E-state index contributed by atoms with van der Waals surface area (Å²) in [6.07, 6.45) is 3.47. The Morgan fingerprint density at radius 2 is 1.64 bits per heavy atom. The van der Waals surface area contributed by atoms with Crippen molar-refractivity contribution >= 4 is 17.1 Å². The van der Waals surface area contributed by atoms with E-state index in [2.05, 4.69) is 21.7 Å². The van der Waals surface area contributed by atoms with Crippen molar-refractivity contribution in [2.45, 2.75) is 19.3 Å². The van der Waals surface area contributed by atoms with Gasteiger partial charge in [-0.15, -0.1) is 0 Å². The summed E-state index contributed by atoms with van der Waals surface area (Å²) in [7, 11) is 2.13. The van der Waals surface area contributed by atoms with Gasteiger partial charge in [-0.1, -0.05) is 0 Å². The molecule has 0 aromatic heterocycles. The molecular formula is C16H24N4O2. The Morgan fingerprint density at radius 1 is 0.955 bits per heavy atom. The number of nitro benzene ring substituents is 1. The van der Waals surface area contributed by atoms with Crippen LogP contribution in [0.4, 0.5) is 17.1 Å². The fraction of sp³-hybridized carbons (Fsp3) is 0.625. The first-order valence-corrected chi connectivity index (χ1v) is 8.12. The van der Waals surface area contributed by atoms with Gasteiger partial charge < -0.3 is 14.7 Å². The van der Waals surface area contributed by atoms with E-state index >= 15 is 0 Å². The number of anilines is 2. The maximum absolute atomic E-state index is 11.4. The molecule has 1 aromatic carbocycles. The molecule has 0 radical (unpaired) electrons. The number of likely N-dealkylation sites (N-methyl/N-ethyl adjacent to an activating group) is 1. The maximum atomic E-state index is 11.4. The molecule has 1 aromatic rings. The van der Waals surface area contributed by atoms with Crippen LogP contribution in [0.15, 0.2) is 18.2 Å². The molecule has 2 heterocycles. The third kappa shape index (κ3) is 3.16. The van der Waals surface area contributed by atoms with Gasteiger partial charge in [0.1, 0.15) is 5.69 Å². The largest absolute Gasteiger partial charge is 0.369 e. The summed E-state index contributed by atoms with van der Waals surface area (Å²) < 4.78 is 0. The number of benzene rings is 1. The number of piperidine rings is 1. The van der Waals surface area contributed by atoms with E-state index in [1.807, 2.05) is 12.1 Å². The summed E-state index contributed by atoms with van der Waals surface area (Å²) in [5, 5.41) is 11.4. The summed E-state index contributed by atoms with van der Waals surface area (Å²) in [6, 6.07) is 5.60. The number of nitro groups is 1. The van der Waals surface area contributed by atoms with Crippen molar-refractivity contribution < 1.29 is 4.92 Å². The zero-order chi connectivity index (χ0) is 15.5. The van der Waals surface area contributed by atoms with Crippen molar-refractivity contribution in [1.82, 2.24) is 4.90 Å². The Morgan fingerprint density at radius 3 is 2.27 bits per heavy atom. The minimum absolute atomic E-state index is 0.236. The molecule has 0 saturated carbocycles. The van der Waals surface area contributed by atoms with E-state index in [1.165, 1.54) is 6.42 Å². The smallest absolute Gasteiger partial charge is 0.292 e. The Labute approximate surface area is 131 Å². The van der Waals surface area contributed by atoms with Gasteiger partial charge in [-0.2, -0.15) is 0 Å². The average molecular weight is 304 g/mol. The van der Waals surface area contributed by atoms with Crippen molar-refractivity contribution in [1.29, 1.82) is 0 Å². The summed E-state index contributed by atoms with van der Waals surface area (Å²) in [5.74, 6) is 0. The van der Waals surface area contributed by atoms with Gasteiger partial charge in [0.2, 0.25) is 0 Å². The molecule has 2 fully saturated rings. The second-order valence-electron chi connectivity index (χ2n) is 6.27. The second-order valence-corrected chi connectivity index (χ2v) is 6.27. The van der Waals surface area contributed by atoms with E-state index in [0.29, 0.717) is 0 Å². The predicted molar refractivity (Wildman–Crippen MR) is 88.9 cm³/mol. The number of hydrogen-bond acceptors (Lipinski definition) is 5. The summed E-state index contributed by atoms with van der Waals surface area (Å²) in [5.41, 5.74) is 2.14. The molecule has 0 spiro atoms. The van der Waals surface area contributed by atoms with Crippen molar-refractivity contribution in [2.75, 3.05) is 56.1 Å². The summed E-state index contributed by atoms with van der Waals surface area (Å²) in [4.78, 5) is 17.9. The van der Waals surface area contributed by atoms with Gasteiger partial charge in [-0.05, 0) is 38.4 Å². The van der Waals surface area contributed by atoms with E-state index in [0.717, 1.165) is 63.5 Å². The molecule has 2 aliphatic heterocycles. The van der Waals surface area contributed by atoms with Gasteiger partial charge in [0.15, 0.2) is 0 Å². The molecule has 0 amide bonds. The van der Waals surface area contributed by atoms with Crippen LogP contribution in [0.1, 0.15) is 19.3 Å². The van der Waals surface area contributed by atoms with Gasteiger partial charge in [-0.25, -0.2) is 0 Å². The predicted octanol–water partition coefficient (Wildman–Crippen LogP) is 2.34. The minimum Gasteiger partial charge on any atom is -0.369 e. The van der Waals surface area contributed by atoms with Crippen LogP contribution < -0.4 is 9.80 Å². The lowest BCUT2D eigenvalue weighted by atomic mass is 10.1. The van der Waals surface area contributed by atoms with E-state index in [4.69, 9.17) is 0 Å². The quantitative estimate of drug-likeness (QED) is 0.634. The second kappa shape index (κ2) is 6.52. The monoisotopic (exact) mass is 304 g/mol. The maximum Gasteiger partial charge on any atom is 0.292 e. The lowest BCUT2D eigenvalue weighted by Crippen LogP contribution is -2.44. The van der Waals surface area contributed by atoms with Gasteiger partial charge in [0.25, 0.3) is 5.69 Å². The summed E-state index contributed by atoms with van der Waals surface area (Å²) >= 11 is 0. The van der Waals surface area contributed by atoms with Crippen LogP contribution in [-0.2, 0) is 0 Å². The van der Waals surface area contributed by atoms with Crippen LogP contribution in [0.2, 0.25) is 0 Å². The average Bonchev–Trinajstić information content (AvgIpc) is 2.56. The number of piperazine rings is 1. The SMILES string of the molecule is CN1CCN(c2ccc([N+](=O)[O-])c(N3CCCCC3)c2)CC1. The molecule has 0 aliphatic carbocycles. The Balaban J connectivity index is 1.87. The van der Waals surface area contributed by atoms with Crippen molar-refractivity contribution in [3.63, 3.8) is 0 Å². The van der Waals surface area contributed by atoms with Gasteiger partial charge in [-0.3, -0.25) is 10.1 Å². The van der Waals surface area contributed by atoms with Crippen LogP contribution in [0.5, 0.6) is 0 Å². The highest BCUT2D eigenvalue weighted by Crippen LogP contribution is 2.34. The van der Waals surface area contributed by atoms with Crippen LogP contribution in [0.25, 0.3) is 0 Å². The lowest BCUT2D eigenvalue weighted by Gasteiger charge is -2.35. The molecule has 22 heavy (non-hydrogen) atoms. The number of rotatable bonds is 3. The fourth-order valence-corrected chi connectivity index (χ4v) is 3.32. The van der Waals surface area contributed by atoms with E-state index in [1.54, 1.807) is 6.07 Å². The lowest BCUT2D eigenvalue weighted by molar-refractivity contribution is -0.384. The molecule has 2 aliphatic rings. The highest BCUT2D eigenvalue weighted by molar-refractivity contribution is 5.70. The van der Waals surface area contributed by atoms with E-state index in [9.17, 15) is 10.1 Å². The summed E-state index contributed by atoms with van der Waals surface area (Å²) in [6.45, 7) is 5.88. The molecule has 3 rings (SSSR count). The van der Waals surface area contributed by atoms with Crippen molar-refractivity contribution in [3.8, 4) is 0 Å². The molecule has 0 bridgehead atoms. The zero-order valence-electron chi connectivity index (χ0n) is 13.2. The normalized spacial score (nSPS) is 20.2. The zero-order valence-corrected chi connectivity index (χ0v) is 13.2. The molecular weight excluding hydrogens is 280 g/mol. The Hall–Kier alpha value is -1.82. The van der Waals surface area contributed by atoms with Crippen LogP contribution in [0, 0.1) is 10.1 Å². The van der Waals surface area contributed by atoms with Gasteiger partial charge in [0, 0.05) is 51.0 Å². The van der Waals surface area contributed by atoms with Crippen LogP contribution >= 0.6 is 0 Å². The fourth-order valence-electron chi connectivity index (χ4n) is 3.32. The Kier molecular flexibility index (Phi) is 4.47. The Bertz CT molecular complexity index is 535. The number of nitrogens with zero attached hydrogens (tertiary/aromatic N) is 4. The van der Waals surface area contributed by atoms with Crippen molar-refractivity contribution in [2.24, 2.45) is 0 Å². The van der Waals surface area contributed by atoms with Gasteiger partial charge >= 0.3 is 0 Å². The van der Waals surface area contributed by atoms with Crippen LogP contribution in [-0.4, -0.2) is 56.1 Å². The first-order valence-electron chi connectivity index (χ1n) is 8.12. The molecule has 0 atom stereocenters. The van der Waals surface area contributed by atoms with Gasteiger partial charge in [0.05, 0.1) is 4.92 Å². The third-order valence-corrected chi connectivity index (χ3v) is 4.72. The first kappa shape index (κ1) is 15.1. The topological polar surface area (TPSA) is 52.9 Å². The first-order chi connectivity index (χ1) is 10.6. The minimum atomic E-state index is -0.252. The van der Waals surface area contributed by atoms with E-state index in [-0.39, 0.29) is 10.6 Å². The number of hydrogen-bond donors (Lipinski definition) is 0. The molecule has 0 N–H and O–H groups in total. The molecule has 6 heteroatoms. The standard InChI is InChI=1S/C16H24N4O2/c1-17-9-11-18(12-10-17)14-5-6-15(20(21)22)16(13-14)19-7-3-2-4-8-19/h5-6,13H,2-4,7-12H2,1H3. The molecule has 0 unspecified atom stereocenters. The van der Waals surface area contributed by atoms with Crippen molar-refractivity contribution in [3.05, 3.63) is 28.3 Å². The highest BCUT2D eigenvalue weighted by Gasteiger charge is 2.23. The molecule has 2 saturated heterocycles. The third-order valence-electron chi connectivity index (χ3n) is 4.72. The van der Waals surface area contributed by atoms with E-state index < -0.39 is 0 Å². The highest BCUT2D eigenvalue weighted by atomic mass is 16.6. The van der Waals surface area contributed by atoms with Crippen LogP contribution in [0.3, 0.4) is 0 Å². The molecule has 120 valence electrons.